The molecule has 0 amide bonds. The molecule has 0 spiro atoms. The van der Waals surface area contributed by atoms with Crippen molar-refractivity contribution in [3.8, 4) is 62.1 Å². The van der Waals surface area contributed by atoms with Crippen molar-refractivity contribution in [2.75, 3.05) is 0 Å². The van der Waals surface area contributed by atoms with Crippen LogP contribution in [0.25, 0.3) is 255 Å². The van der Waals surface area contributed by atoms with E-state index in [0.29, 0.717) is 5.95 Å². The van der Waals surface area contributed by atoms with Crippen molar-refractivity contribution >= 4 is 227 Å². The Morgan fingerprint density at radius 1 is 0.213 bits per heavy atom. The number of aromatic nitrogens is 8. The average Bonchev–Trinajstić information content (AvgIpc) is 1.58. The highest BCUT2D eigenvalue weighted by Crippen LogP contribution is 2.48. The normalized spacial score (nSPS) is 12.0. The van der Waals surface area contributed by atoms with Crippen molar-refractivity contribution in [1.29, 1.82) is 0 Å². The molecule has 0 aliphatic rings. The van der Waals surface area contributed by atoms with Crippen LogP contribution < -0.4 is 0 Å². The van der Waals surface area contributed by atoms with Gasteiger partial charge in [-0.05, 0) is 175 Å². The molecule has 0 atom stereocenters. The number of aromatic amines is 1. The van der Waals surface area contributed by atoms with Gasteiger partial charge in [-0.2, -0.15) is 0 Å². The third kappa shape index (κ3) is 11.8. The smallest absolute Gasteiger partial charge is 0.235 e. The Labute approximate surface area is 739 Å². The van der Waals surface area contributed by atoms with Crippen LogP contribution >= 0.6 is 34.3 Å². The summed E-state index contributed by atoms with van der Waals surface area (Å²) in [5.41, 5.74) is 22.2. The van der Waals surface area contributed by atoms with Gasteiger partial charge in [-0.1, -0.05) is 303 Å². The SMILES string of the molecule is Clc1nc(-c2ccccc2)c2ccc3ccccc3c2n1.c1ccc(-c2nc(-n3c4cc(-c5ccc6c(c5)c5ccccc5n6-c5ccccc5)ccc4c4cc5c(cc43)sc3c4ccccc4ccc53)nc3c2ccc2ccccc23)cc1.c1ccc(-n2c3ccccc3c3cc(-c4ccc5c(c4)[nH]c4cc6sc7c8ccccc8ccc7c6cc45)ccc32)cc1. The van der Waals surface area contributed by atoms with Gasteiger partial charge in [0.15, 0.2) is 0 Å². The van der Waals surface area contributed by atoms with Crippen LogP contribution in [0.3, 0.4) is 0 Å². The minimum Gasteiger partial charge on any atom is -0.354 e. The van der Waals surface area contributed by atoms with Gasteiger partial charge in [0.25, 0.3) is 0 Å². The molecule has 1 N–H and O–H groups in total. The second kappa shape index (κ2) is 29.1. The van der Waals surface area contributed by atoms with E-state index in [9.17, 15) is 0 Å². The molecule has 20 aromatic carbocycles. The second-order valence-electron chi connectivity index (χ2n) is 32.9. The van der Waals surface area contributed by atoms with Gasteiger partial charge in [0.1, 0.15) is 0 Å². The minimum absolute atomic E-state index is 0.276. The van der Waals surface area contributed by atoms with Gasteiger partial charge >= 0.3 is 0 Å². The average molecular weight is 1670 g/mol. The molecule has 0 radical (unpaired) electrons. The number of hydrogen-bond acceptors (Lipinski definition) is 6. The van der Waals surface area contributed by atoms with Crippen molar-refractivity contribution in [2.24, 2.45) is 0 Å². The first kappa shape index (κ1) is 72.7. The molecule has 0 bridgehead atoms. The largest absolute Gasteiger partial charge is 0.354 e. The summed E-state index contributed by atoms with van der Waals surface area (Å²) in [4.78, 5) is 23.7. The summed E-state index contributed by atoms with van der Waals surface area (Å²) in [6.45, 7) is 0. The third-order valence-corrected chi connectivity index (χ3v) is 28.4. The lowest BCUT2D eigenvalue weighted by Crippen LogP contribution is -2.04. The number of halogens is 1. The number of benzene rings is 20. The zero-order chi connectivity index (χ0) is 83.5. The van der Waals surface area contributed by atoms with E-state index in [0.717, 1.165) is 93.7 Å². The molecule has 592 valence electrons. The fraction of sp³-hybridized carbons (Fsp3) is 0. The van der Waals surface area contributed by atoms with Gasteiger partial charge in [0.2, 0.25) is 11.2 Å². The monoisotopic (exact) mass is 1670 g/mol. The molecule has 8 aromatic heterocycles. The minimum atomic E-state index is 0.276. The Kier molecular flexibility index (Phi) is 16.7. The van der Waals surface area contributed by atoms with Gasteiger partial charge < -0.3 is 14.1 Å². The van der Waals surface area contributed by atoms with E-state index < -0.39 is 0 Å². The van der Waals surface area contributed by atoms with E-state index in [4.69, 9.17) is 21.6 Å². The Morgan fingerprint density at radius 2 is 0.583 bits per heavy atom. The molecular weight excluding hydrogens is 1600 g/mol. The lowest BCUT2D eigenvalue weighted by atomic mass is 10.0. The fourth-order valence-corrected chi connectivity index (χ4v) is 22.6. The van der Waals surface area contributed by atoms with Crippen molar-refractivity contribution < 1.29 is 0 Å². The molecule has 0 saturated carbocycles. The number of nitrogens with zero attached hydrogens (tertiary/aromatic N) is 7. The Morgan fingerprint density at radius 3 is 1.13 bits per heavy atom. The maximum absolute atomic E-state index is 6.15. The van der Waals surface area contributed by atoms with Crippen LogP contribution in [0.5, 0.6) is 0 Å². The van der Waals surface area contributed by atoms with Crippen molar-refractivity contribution in [3.63, 3.8) is 0 Å². The molecule has 0 unspecified atom stereocenters. The first-order valence-corrected chi connectivity index (χ1v) is 44.8. The second-order valence-corrected chi connectivity index (χ2v) is 35.3. The van der Waals surface area contributed by atoms with Gasteiger partial charge in [0.05, 0.1) is 55.5 Å². The maximum atomic E-state index is 6.15. The number of H-pyrrole nitrogens is 1. The Bertz CT molecular complexity index is 9440. The molecule has 11 heteroatoms. The number of nitrogens with one attached hydrogen (secondary N) is 1. The summed E-state index contributed by atoms with van der Waals surface area (Å²) >= 11 is 9.92. The molecule has 127 heavy (non-hydrogen) atoms. The van der Waals surface area contributed by atoms with Crippen LogP contribution in [0.2, 0.25) is 5.28 Å². The van der Waals surface area contributed by atoms with Gasteiger partial charge in [-0.25, -0.2) is 19.9 Å². The predicted molar refractivity (Wildman–Crippen MR) is 540 cm³/mol. The lowest BCUT2D eigenvalue weighted by Gasteiger charge is -2.13. The van der Waals surface area contributed by atoms with Crippen molar-refractivity contribution in [3.05, 3.63) is 418 Å². The summed E-state index contributed by atoms with van der Waals surface area (Å²) in [7, 11) is 0. The van der Waals surface area contributed by atoms with Crippen molar-refractivity contribution in [1.82, 2.24) is 38.6 Å². The van der Waals surface area contributed by atoms with Crippen molar-refractivity contribution in [2.45, 2.75) is 0 Å². The fourth-order valence-electron chi connectivity index (χ4n) is 19.9. The van der Waals surface area contributed by atoms with E-state index in [1.165, 1.54) is 155 Å². The van der Waals surface area contributed by atoms with Crippen LogP contribution in [-0.4, -0.2) is 38.6 Å². The molecule has 0 saturated heterocycles. The molecule has 0 aliphatic heterocycles. The van der Waals surface area contributed by atoms with E-state index in [2.05, 4.69) is 399 Å². The van der Waals surface area contributed by atoms with E-state index in [1.807, 2.05) is 65.1 Å². The quantitative estimate of drug-likeness (QED) is 0.127. The summed E-state index contributed by atoms with van der Waals surface area (Å²) in [6.07, 6.45) is 0. The highest BCUT2D eigenvalue weighted by Gasteiger charge is 2.25. The summed E-state index contributed by atoms with van der Waals surface area (Å²) in [6, 6.07) is 148. The van der Waals surface area contributed by atoms with E-state index in [1.54, 1.807) is 0 Å². The molecular formula is C116H69ClN8S2. The van der Waals surface area contributed by atoms with Crippen LogP contribution in [-0.2, 0) is 0 Å². The van der Waals surface area contributed by atoms with Gasteiger partial charge in [-0.3, -0.25) is 4.57 Å². The number of thiophene rings is 2. The number of rotatable bonds is 7. The lowest BCUT2D eigenvalue weighted by molar-refractivity contribution is 1.02. The van der Waals surface area contributed by atoms with Crippen LogP contribution in [0.15, 0.2) is 413 Å². The highest BCUT2D eigenvalue weighted by atomic mass is 35.5. The van der Waals surface area contributed by atoms with Gasteiger partial charge in [-0.15, -0.1) is 22.7 Å². The number of fused-ring (bicyclic) bond motifs is 28. The zero-order valence-electron chi connectivity index (χ0n) is 68.1. The Hall–Kier alpha value is -16.0. The number of para-hydroxylation sites is 4. The van der Waals surface area contributed by atoms with Crippen LogP contribution in [0, 0.1) is 0 Å². The standard InChI is InChI=1S/C58H34N4S.C40H24N2S.C18H11ClN2/c1-3-15-37(16-4-1)55-46-29-24-35-13-7-9-19-41(35)56(46)60-58(59-55)62-52-32-39(38-26-30-51-47(31-38)43-21-11-12-22-50(43)61(51)40-17-5-2-6-18-40)25-27-44(52)48-33-49-45-28-23-36-14-8-10-20-42(36)57(45)63-54(49)34-53(48)62;1-2-9-27(10-3-1)42-37-13-7-6-12-30(37)33-20-25(16-19-38(33)42)26-15-17-29-32-22-34-31-18-14-24-8-4-5-11-28(24)40(31)43-39(34)23-36(32)41-35(29)21-26;19-18-20-16(13-7-2-1-3-8-13)15-11-10-12-6-4-5-9-14(12)17(15)21-18/h1-34H;1-23,41H;1-11H. The molecule has 8 heterocycles. The maximum Gasteiger partial charge on any atom is 0.235 e. The molecule has 0 fully saturated rings. The van der Waals surface area contributed by atoms with E-state index in [-0.39, 0.29) is 5.28 Å². The Balaban J connectivity index is 0.000000114. The summed E-state index contributed by atoms with van der Waals surface area (Å²) in [5, 5.41) is 27.2. The molecule has 28 aromatic rings. The highest BCUT2D eigenvalue weighted by molar-refractivity contribution is 7.27. The number of hydrogen-bond donors (Lipinski definition) is 1. The van der Waals surface area contributed by atoms with Gasteiger partial charge in [0, 0.05) is 139 Å². The molecule has 8 nitrogen and oxygen atoms in total. The first-order chi connectivity index (χ1) is 62.9. The predicted octanol–water partition coefficient (Wildman–Crippen LogP) is 32.5. The molecule has 0 aliphatic carbocycles. The molecule has 28 rings (SSSR count). The van der Waals surface area contributed by atoms with Crippen LogP contribution in [0.1, 0.15) is 0 Å². The topological polar surface area (TPSA) is 82.1 Å². The summed E-state index contributed by atoms with van der Waals surface area (Å²) in [5.74, 6) is 0.655. The zero-order valence-corrected chi connectivity index (χ0v) is 70.5. The van der Waals surface area contributed by atoms with Crippen LogP contribution in [0.4, 0.5) is 0 Å². The first-order valence-electron chi connectivity index (χ1n) is 42.8. The van der Waals surface area contributed by atoms with E-state index >= 15 is 0 Å². The summed E-state index contributed by atoms with van der Waals surface area (Å²) < 4.78 is 12.3. The third-order valence-electron chi connectivity index (χ3n) is 25.8.